The topological polar surface area (TPSA) is 124 Å². The summed E-state index contributed by atoms with van der Waals surface area (Å²) in [5, 5.41) is 32.8. The molecule has 196 valence electrons. The Morgan fingerprint density at radius 3 is 2.31 bits per heavy atom. The third kappa shape index (κ3) is 4.22. The number of sulfone groups is 1. The van der Waals surface area contributed by atoms with Crippen molar-refractivity contribution in [3.8, 4) is 0 Å². The van der Waals surface area contributed by atoms with Gasteiger partial charge in [-0.25, -0.2) is 17.2 Å². The summed E-state index contributed by atoms with van der Waals surface area (Å²) >= 11 is 6.31. The third-order valence-electron chi connectivity index (χ3n) is 7.87. The van der Waals surface area contributed by atoms with E-state index in [9.17, 15) is 37.3 Å². The fraction of sp³-hybridized carbons (Fsp3) is 0.480. The number of aryl methyl sites for hydroxylation is 1. The van der Waals surface area contributed by atoms with Crippen LogP contribution in [0.5, 0.6) is 0 Å². The van der Waals surface area contributed by atoms with Crippen molar-refractivity contribution in [2.24, 2.45) is 17.8 Å². The summed E-state index contributed by atoms with van der Waals surface area (Å²) in [6.45, 7) is 4.81. The van der Waals surface area contributed by atoms with Crippen molar-refractivity contribution in [2.45, 2.75) is 61.6 Å². The molecule has 4 atom stereocenters. The Morgan fingerprint density at radius 2 is 1.75 bits per heavy atom. The minimum atomic E-state index is -4.05. The monoisotopic (exact) mass is 543 g/mol. The molecule has 0 radical (unpaired) electrons. The van der Waals surface area contributed by atoms with E-state index in [-0.39, 0.29) is 39.9 Å². The number of rotatable bonds is 6. The Bertz CT molecular complexity index is 1300. The summed E-state index contributed by atoms with van der Waals surface area (Å²) in [5.74, 6) is -4.06. The first-order chi connectivity index (χ1) is 16.7. The Hall–Kier alpha value is -2.11. The Balaban J connectivity index is 1.62. The second kappa shape index (κ2) is 9.33. The quantitative estimate of drug-likeness (QED) is 0.442. The summed E-state index contributed by atoms with van der Waals surface area (Å²) in [7, 11) is -4.05. The van der Waals surface area contributed by atoms with Crippen LogP contribution in [0.3, 0.4) is 0 Å². The number of aliphatic hydroxyl groups excluding tert-OH is 2. The summed E-state index contributed by atoms with van der Waals surface area (Å²) in [4.78, 5) is 12.6. The highest BCUT2D eigenvalue weighted by Gasteiger charge is 2.67. The molecule has 0 heterocycles. The SMILES string of the molecule is Cc1cc(Cl)c(S(=O)(=O)C2CC3C(C)C(C2)C3(O)[C@H](O)[C@H](C)O)cc1C(=O)Nc1ccc(F)c(F)c1. The zero-order valence-corrected chi connectivity index (χ0v) is 21.4. The van der Waals surface area contributed by atoms with Gasteiger partial charge in [-0.15, -0.1) is 0 Å². The first-order valence-electron chi connectivity index (χ1n) is 11.6. The zero-order valence-electron chi connectivity index (χ0n) is 19.9. The van der Waals surface area contributed by atoms with Gasteiger partial charge >= 0.3 is 0 Å². The van der Waals surface area contributed by atoms with Gasteiger partial charge < -0.3 is 20.6 Å². The smallest absolute Gasteiger partial charge is 0.255 e. The fourth-order valence-corrected chi connectivity index (χ4v) is 8.33. The van der Waals surface area contributed by atoms with E-state index in [2.05, 4.69) is 5.32 Å². The van der Waals surface area contributed by atoms with Crippen molar-refractivity contribution >= 4 is 33.0 Å². The van der Waals surface area contributed by atoms with Crippen molar-refractivity contribution in [3.63, 3.8) is 0 Å². The van der Waals surface area contributed by atoms with Gasteiger partial charge in [0, 0.05) is 17.3 Å². The standard InChI is InChI=1S/C25H28ClF2NO6S/c1-11-6-19(26)22(10-16(11)24(32)29-14-4-5-20(27)21(28)7-14)36(34,35)15-8-17-12(2)18(9-15)25(17,33)23(31)13(3)30/h4-7,10,12-13,15,17-18,23,30-31,33H,8-9H2,1-3H3,(H,29,32)/t12?,13-,15?,17?,18?,23+,25?/m0/s1. The van der Waals surface area contributed by atoms with Crippen molar-refractivity contribution in [1.82, 2.24) is 0 Å². The maximum absolute atomic E-state index is 13.6. The van der Waals surface area contributed by atoms with Crippen LogP contribution in [-0.2, 0) is 9.84 Å². The molecule has 2 aromatic rings. The van der Waals surface area contributed by atoms with Crippen LogP contribution in [-0.4, -0.2) is 52.7 Å². The van der Waals surface area contributed by atoms with Crippen LogP contribution in [0, 0.1) is 36.3 Å². The van der Waals surface area contributed by atoms with Crippen molar-refractivity contribution in [3.05, 3.63) is 58.1 Å². The second-order valence-corrected chi connectivity index (χ2v) is 12.6. The number of hydrogen-bond donors (Lipinski definition) is 4. The molecule has 3 saturated carbocycles. The first kappa shape index (κ1) is 26.9. The van der Waals surface area contributed by atoms with Crippen molar-refractivity contribution < 1.29 is 37.3 Å². The van der Waals surface area contributed by atoms with Gasteiger partial charge in [0.2, 0.25) is 0 Å². The van der Waals surface area contributed by atoms with Gasteiger partial charge in [0.15, 0.2) is 21.5 Å². The lowest BCUT2D eigenvalue weighted by atomic mass is 9.46. The Morgan fingerprint density at radius 1 is 1.14 bits per heavy atom. The molecular weight excluding hydrogens is 516 g/mol. The minimum Gasteiger partial charge on any atom is -0.391 e. The Labute approximate surface area is 213 Å². The van der Waals surface area contributed by atoms with Gasteiger partial charge in [0.05, 0.1) is 26.9 Å². The average Bonchev–Trinajstić information content (AvgIpc) is 2.81. The lowest BCUT2D eigenvalue weighted by molar-refractivity contribution is -0.277. The molecule has 4 N–H and O–H groups in total. The molecule has 36 heavy (non-hydrogen) atoms. The maximum Gasteiger partial charge on any atom is 0.255 e. The van der Waals surface area contributed by atoms with Crippen LogP contribution in [0.25, 0.3) is 0 Å². The van der Waals surface area contributed by atoms with Gasteiger partial charge in [-0.05, 0) is 74.3 Å². The fourth-order valence-electron chi connectivity index (χ4n) is 5.89. The van der Waals surface area contributed by atoms with Crippen molar-refractivity contribution in [2.75, 3.05) is 5.32 Å². The van der Waals surface area contributed by atoms with Crippen LogP contribution in [0.4, 0.5) is 14.5 Å². The third-order valence-corrected chi connectivity index (χ3v) is 10.5. The molecule has 0 aliphatic heterocycles. The highest BCUT2D eigenvalue weighted by atomic mass is 35.5. The Kier molecular flexibility index (Phi) is 6.98. The largest absolute Gasteiger partial charge is 0.391 e. The molecule has 0 saturated heterocycles. The molecule has 0 aromatic heterocycles. The van der Waals surface area contributed by atoms with Crippen molar-refractivity contribution in [1.29, 1.82) is 0 Å². The molecule has 7 nitrogen and oxygen atoms in total. The van der Waals surface area contributed by atoms with Gasteiger partial charge in [0.1, 0.15) is 6.10 Å². The molecule has 2 unspecified atom stereocenters. The highest BCUT2D eigenvalue weighted by Crippen LogP contribution is 2.61. The summed E-state index contributed by atoms with van der Waals surface area (Å²) in [5.41, 5.74) is -1.20. The number of benzene rings is 2. The van der Waals surface area contributed by atoms with Crippen LogP contribution in [0.2, 0.25) is 5.02 Å². The number of carbonyl (C=O) groups excluding carboxylic acids is 1. The number of nitrogens with one attached hydrogen (secondary N) is 1. The lowest BCUT2D eigenvalue weighted by Gasteiger charge is -2.64. The molecule has 1 amide bonds. The number of carbonyl (C=O) groups is 1. The van der Waals surface area contributed by atoms with Gasteiger partial charge in [-0.2, -0.15) is 0 Å². The normalized spacial score (nSPS) is 29.2. The van der Waals surface area contributed by atoms with E-state index < -0.39 is 62.3 Å². The molecule has 11 heteroatoms. The number of anilines is 1. The van der Waals surface area contributed by atoms with E-state index in [4.69, 9.17) is 11.6 Å². The summed E-state index contributed by atoms with van der Waals surface area (Å²) < 4.78 is 54.0. The lowest BCUT2D eigenvalue weighted by Crippen LogP contribution is -2.73. The van der Waals surface area contributed by atoms with E-state index in [0.29, 0.717) is 5.56 Å². The highest BCUT2D eigenvalue weighted by molar-refractivity contribution is 7.92. The number of fused-ring (bicyclic) bond motifs is 2. The van der Waals surface area contributed by atoms with Crippen LogP contribution < -0.4 is 5.32 Å². The van der Waals surface area contributed by atoms with E-state index in [1.165, 1.54) is 25.1 Å². The number of amides is 1. The first-order valence-corrected chi connectivity index (χ1v) is 13.5. The molecule has 3 fully saturated rings. The molecular formula is C25H28ClF2NO6S. The molecule has 5 rings (SSSR count). The van der Waals surface area contributed by atoms with Crippen LogP contribution in [0.15, 0.2) is 35.2 Å². The van der Waals surface area contributed by atoms with E-state index in [1.54, 1.807) is 6.92 Å². The predicted molar refractivity (Wildman–Crippen MR) is 129 cm³/mol. The number of hydrogen-bond acceptors (Lipinski definition) is 6. The molecule has 2 bridgehead atoms. The van der Waals surface area contributed by atoms with E-state index in [1.807, 2.05) is 6.92 Å². The summed E-state index contributed by atoms with van der Waals surface area (Å²) in [6, 6.07) is 5.38. The minimum absolute atomic E-state index is 0.00178. The van der Waals surface area contributed by atoms with Gasteiger partial charge in [-0.1, -0.05) is 18.5 Å². The average molecular weight is 544 g/mol. The number of aliphatic hydroxyl groups is 3. The maximum atomic E-state index is 13.6. The van der Waals surface area contributed by atoms with Gasteiger partial charge in [0.25, 0.3) is 5.91 Å². The van der Waals surface area contributed by atoms with Crippen LogP contribution >= 0.6 is 11.6 Å². The second-order valence-electron chi connectivity index (χ2n) is 9.96. The predicted octanol–water partition coefficient (Wildman–Crippen LogP) is 3.47. The van der Waals surface area contributed by atoms with E-state index in [0.717, 1.165) is 12.1 Å². The molecule has 0 spiro atoms. The molecule has 3 aliphatic carbocycles. The number of halogens is 3. The van der Waals surface area contributed by atoms with E-state index >= 15 is 0 Å². The summed E-state index contributed by atoms with van der Waals surface area (Å²) in [6.07, 6.45) is -2.47. The zero-order chi connectivity index (χ0) is 26.7. The molecule has 2 aromatic carbocycles. The molecule has 3 aliphatic rings. The van der Waals surface area contributed by atoms with Gasteiger partial charge in [-0.3, -0.25) is 4.79 Å². The van der Waals surface area contributed by atoms with Crippen LogP contribution in [0.1, 0.15) is 42.6 Å².